The molecule has 3 atom stereocenters. The zero-order valence-electron chi connectivity index (χ0n) is 13.2. The standard InChI is InChI=1S/C11H16FN2O6P.2Na/c1-6-5-14(11(16)13-10(6)15)9-4-7(12)8(20-9)2-3-21(17,18)19;;/h5,7-9H,2-4H2,1H3,(H,13,15,16)(H2,17,18,19);;/q;2*+1/p-2. The smallest absolute Gasteiger partial charge is 0.811 e. The zero-order chi connectivity index (χ0) is 15.8. The van der Waals surface area contributed by atoms with E-state index in [1.807, 2.05) is 0 Å². The van der Waals surface area contributed by atoms with Crippen LogP contribution in [0.15, 0.2) is 15.8 Å². The van der Waals surface area contributed by atoms with Crippen molar-refractivity contribution in [2.75, 3.05) is 6.16 Å². The molecule has 12 heteroatoms. The molecule has 118 valence electrons. The van der Waals surface area contributed by atoms with Crippen LogP contribution >= 0.6 is 7.60 Å². The van der Waals surface area contributed by atoms with Crippen molar-refractivity contribution in [1.29, 1.82) is 0 Å². The molecular weight excluding hydrogens is 352 g/mol. The molecule has 1 saturated heterocycles. The molecule has 1 fully saturated rings. The van der Waals surface area contributed by atoms with Gasteiger partial charge in [0.25, 0.3) is 5.56 Å². The Morgan fingerprint density at radius 2 is 2.04 bits per heavy atom. The average Bonchev–Trinajstić information content (AvgIpc) is 2.72. The summed E-state index contributed by atoms with van der Waals surface area (Å²) in [5.41, 5.74) is -1.01. The van der Waals surface area contributed by atoms with Crippen molar-refractivity contribution in [3.05, 3.63) is 32.6 Å². The van der Waals surface area contributed by atoms with Crippen LogP contribution in [0, 0.1) is 6.92 Å². The SMILES string of the molecule is Cc1cn(C2CC(F)C(CCP(=O)([O-])[O-])O2)c(=O)[nH]c1=O.[Na+].[Na+]. The van der Waals surface area contributed by atoms with Gasteiger partial charge in [-0.15, -0.1) is 0 Å². The fourth-order valence-corrected chi connectivity index (χ4v) is 2.77. The van der Waals surface area contributed by atoms with Gasteiger partial charge < -0.3 is 19.1 Å². The van der Waals surface area contributed by atoms with E-state index in [0.29, 0.717) is 0 Å². The molecule has 0 aliphatic carbocycles. The Morgan fingerprint density at radius 3 is 2.61 bits per heavy atom. The number of nitrogens with zero attached hydrogens (tertiary/aromatic N) is 1. The van der Waals surface area contributed by atoms with Gasteiger partial charge in [0.2, 0.25) is 0 Å². The van der Waals surface area contributed by atoms with E-state index < -0.39 is 43.5 Å². The largest absolute Gasteiger partial charge is 1.00 e. The molecule has 0 bridgehead atoms. The first-order valence-corrected chi connectivity index (χ1v) is 8.03. The van der Waals surface area contributed by atoms with Gasteiger partial charge in [0, 0.05) is 18.2 Å². The van der Waals surface area contributed by atoms with E-state index in [1.54, 1.807) is 0 Å². The van der Waals surface area contributed by atoms with E-state index in [4.69, 9.17) is 4.74 Å². The molecule has 1 aliphatic heterocycles. The summed E-state index contributed by atoms with van der Waals surface area (Å²) < 4.78 is 30.7. The summed E-state index contributed by atoms with van der Waals surface area (Å²) in [7, 11) is -4.72. The normalized spacial score (nSPS) is 23.9. The van der Waals surface area contributed by atoms with Gasteiger partial charge in [-0.25, -0.2) is 9.18 Å². The number of aromatic nitrogens is 2. The summed E-state index contributed by atoms with van der Waals surface area (Å²) >= 11 is 0. The fraction of sp³-hybridized carbons (Fsp3) is 0.636. The number of H-pyrrole nitrogens is 1. The van der Waals surface area contributed by atoms with Crippen LogP contribution in [0.4, 0.5) is 4.39 Å². The molecule has 1 aromatic heterocycles. The van der Waals surface area contributed by atoms with Gasteiger partial charge in [-0.05, 0) is 19.5 Å². The number of rotatable bonds is 4. The molecule has 0 saturated carbocycles. The van der Waals surface area contributed by atoms with E-state index in [-0.39, 0.29) is 77.5 Å². The van der Waals surface area contributed by atoms with E-state index in [1.165, 1.54) is 13.1 Å². The molecule has 8 nitrogen and oxygen atoms in total. The minimum Gasteiger partial charge on any atom is -0.811 e. The molecule has 2 heterocycles. The van der Waals surface area contributed by atoms with Crippen molar-refractivity contribution in [3.8, 4) is 0 Å². The number of aromatic amines is 1. The van der Waals surface area contributed by atoms with Crippen LogP contribution in [0.1, 0.15) is 24.6 Å². The topological polar surface area (TPSA) is 127 Å². The van der Waals surface area contributed by atoms with Crippen molar-refractivity contribution in [1.82, 2.24) is 9.55 Å². The van der Waals surface area contributed by atoms with Crippen molar-refractivity contribution in [3.63, 3.8) is 0 Å². The molecule has 1 N–H and O–H groups in total. The zero-order valence-corrected chi connectivity index (χ0v) is 18.0. The Labute approximate surface area is 175 Å². The minimum atomic E-state index is -4.72. The number of ether oxygens (including phenoxy) is 1. The van der Waals surface area contributed by atoms with Gasteiger partial charge in [-0.2, -0.15) is 0 Å². The maximum absolute atomic E-state index is 13.8. The molecular formula is C11H14FN2Na2O6P. The molecule has 1 aliphatic rings. The third-order valence-corrected chi connectivity index (χ3v) is 4.11. The number of aryl methyl sites for hydroxylation is 1. The third-order valence-electron chi connectivity index (χ3n) is 3.31. The maximum Gasteiger partial charge on any atom is 1.00 e. The summed E-state index contributed by atoms with van der Waals surface area (Å²) in [6.07, 6.45) is -3.36. The van der Waals surface area contributed by atoms with Crippen LogP contribution in [0.3, 0.4) is 0 Å². The number of nitrogens with one attached hydrogen (secondary N) is 1. The van der Waals surface area contributed by atoms with E-state index in [2.05, 4.69) is 4.98 Å². The van der Waals surface area contributed by atoms with E-state index in [0.717, 1.165) is 4.57 Å². The first-order chi connectivity index (χ1) is 9.67. The van der Waals surface area contributed by atoms with Crippen molar-refractivity contribution < 1.29 is 82.6 Å². The van der Waals surface area contributed by atoms with Crippen LogP contribution in [-0.2, 0) is 9.30 Å². The Balaban J connectivity index is 0.00000242. The maximum atomic E-state index is 13.8. The molecule has 1 aromatic rings. The van der Waals surface area contributed by atoms with Gasteiger partial charge in [0.05, 0.1) is 6.10 Å². The van der Waals surface area contributed by atoms with E-state index in [9.17, 15) is 28.3 Å². The number of halogens is 1. The quantitative estimate of drug-likeness (QED) is 0.417. The van der Waals surface area contributed by atoms with Gasteiger partial charge in [-0.1, -0.05) is 7.60 Å². The summed E-state index contributed by atoms with van der Waals surface area (Å²) in [4.78, 5) is 46.2. The molecule has 0 aromatic carbocycles. The molecule has 2 rings (SSSR count). The van der Waals surface area contributed by atoms with Crippen molar-refractivity contribution >= 4 is 7.60 Å². The Morgan fingerprint density at radius 1 is 1.43 bits per heavy atom. The summed E-state index contributed by atoms with van der Waals surface area (Å²) in [6.45, 7) is 1.49. The van der Waals surface area contributed by atoms with Crippen LogP contribution in [0.5, 0.6) is 0 Å². The Kier molecular flexibility index (Phi) is 9.72. The average molecular weight is 366 g/mol. The summed E-state index contributed by atoms with van der Waals surface area (Å²) in [5, 5.41) is 0. The molecule has 0 radical (unpaired) electrons. The van der Waals surface area contributed by atoms with E-state index >= 15 is 0 Å². The van der Waals surface area contributed by atoms with Gasteiger partial charge in [-0.3, -0.25) is 14.3 Å². The first-order valence-electron chi connectivity index (χ1n) is 6.30. The van der Waals surface area contributed by atoms with Crippen molar-refractivity contribution in [2.45, 2.75) is 38.3 Å². The first kappa shape index (κ1) is 23.7. The summed E-state index contributed by atoms with van der Waals surface area (Å²) in [5.74, 6) is 0. The third kappa shape index (κ3) is 6.51. The minimum absolute atomic E-state index is 0. The number of hydrogen-bond donors (Lipinski definition) is 1. The number of hydrogen-bond acceptors (Lipinski definition) is 6. The van der Waals surface area contributed by atoms with Crippen LogP contribution in [0.25, 0.3) is 0 Å². The molecule has 23 heavy (non-hydrogen) atoms. The molecule has 3 unspecified atom stereocenters. The monoisotopic (exact) mass is 366 g/mol. The predicted octanol–water partition coefficient (Wildman–Crippen LogP) is -7.22. The van der Waals surface area contributed by atoms with Crippen LogP contribution in [-0.4, -0.2) is 28.0 Å². The van der Waals surface area contributed by atoms with Gasteiger partial charge >= 0.3 is 64.8 Å². The van der Waals surface area contributed by atoms with Gasteiger partial charge in [0.1, 0.15) is 12.4 Å². The predicted molar refractivity (Wildman–Crippen MR) is 66.6 cm³/mol. The second kappa shape index (κ2) is 9.43. The molecule has 0 spiro atoms. The van der Waals surface area contributed by atoms with Crippen LogP contribution in [0.2, 0.25) is 0 Å². The van der Waals surface area contributed by atoms with Crippen molar-refractivity contribution in [2.24, 2.45) is 0 Å². The second-order valence-corrected chi connectivity index (χ2v) is 6.65. The Bertz CT molecular complexity index is 690. The fourth-order valence-electron chi connectivity index (χ4n) is 2.20. The second-order valence-electron chi connectivity index (χ2n) is 4.98. The Hall–Kier alpha value is 0.720. The molecule has 0 amide bonds. The summed E-state index contributed by atoms with van der Waals surface area (Å²) in [6, 6.07) is 0. The van der Waals surface area contributed by atoms with Crippen LogP contribution < -0.4 is 80.2 Å². The van der Waals surface area contributed by atoms with Gasteiger partial charge in [0.15, 0.2) is 0 Å². The number of alkyl halides is 1.